The average molecular weight is 418 g/mol. The maximum Gasteiger partial charge on any atom is 0.112 e. The third-order valence-electron chi connectivity index (χ3n) is 6.67. The standard InChI is InChI=1S/C29H27N3/c1-30(2)20-19-29(31-25-15-7-3-11-21(25)22-12-4-8-16-26(22)31)32-27-17-9-5-13-23(27)24-14-6-10-18-28(24)32/h3-18,29H,19-20H2,1-2H3. The van der Waals surface area contributed by atoms with Gasteiger partial charge in [-0.3, -0.25) is 0 Å². The maximum atomic E-state index is 2.56. The molecule has 0 unspecified atom stereocenters. The van der Waals surface area contributed by atoms with Crippen LogP contribution in [0.25, 0.3) is 43.6 Å². The van der Waals surface area contributed by atoms with E-state index in [0.29, 0.717) is 0 Å². The number of hydrogen-bond acceptors (Lipinski definition) is 1. The Morgan fingerprint density at radius 1 is 0.531 bits per heavy atom. The molecule has 158 valence electrons. The second kappa shape index (κ2) is 7.54. The van der Waals surface area contributed by atoms with Gasteiger partial charge >= 0.3 is 0 Å². The summed E-state index contributed by atoms with van der Waals surface area (Å²) in [6.45, 7) is 1.01. The molecule has 2 heterocycles. The summed E-state index contributed by atoms with van der Waals surface area (Å²) in [6, 6.07) is 35.3. The fourth-order valence-corrected chi connectivity index (χ4v) is 5.29. The fourth-order valence-electron chi connectivity index (χ4n) is 5.29. The molecule has 6 rings (SSSR count). The molecule has 4 aromatic carbocycles. The molecule has 0 saturated heterocycles. The molecule has 0 radical (unpaired) electrons. The van der Waals surface area contributed by atoms with E-state index in [1.165, 1.54) is 43.6 Å². The third-order valence-corrected chi connectivity index (χ3v) is 6.67. The van der Waals surface area contributed by atoms with Crippen molar-refractivity contribution in [1.82, 2.24) is 14.0 Å². The van der Waals surface area contributed by atoms with Crippen LogP contribution in [0, 0.1) is 0 Å². The van der Waals surface area contributed by atoms with Gasteiger partial charge in [0.15, 0.2) is 0 Å². The maximum absolute atomic E-state index is 2.56. The van der Waals surface area contributed by atoms with E-state index >= 15 is 0 Å². The number of fused-ring (bicyclic) bond motifs is 6. The lowest BCUT2D eigenvalue weighted by Crippen LogP contribution is -2.24. The highest BCUT2D eigenvalue weighted by atomic mass is 15.2. The van der Waals surface area contributed by atoms with Gasteiger partial charge in [0.2, 0.25) is 0 Å². The van der Waals surface area contributed by atoms with E-state index in [0.717, 1.165) is 13.0 Å². The number of nitrogens with zero attached hydrogens (tertiary/aromatic N) is 3. The van der Waals surface area contributed by atoms with Crippen molar-refractivity contribution in [2.45, 2.75) is 12.6 Å². The number of rotatable bonds is 5. The zero-order chi connectivity index (χ0) is 21.7. The second-order valence-corrected chi connectivity index (χ2v) is 8.88. The molecule has 0 spiro atoms. The molecule has 0 fully saturated rings. The van der Waals surface area contributed by atoms with Crippen LogP contribution < -0.4 is 0 Å². The summed E-state index contributed by atoms with van der Waals surface area (Å²) in [5.74, 6) is 0. The Balaban J connectivity index is 1.73. The van der Waals surface area contributed by atoms with Crippen LogP contribution in [0.3, 0.4) is 0 Å². The van der Waals surface area contributed by atoms with Crippen molar-refractivity contribution in [3.05, 3.63) is 97.1 Å². The summed E-state index contributed by atoms with van der Waals surface area (Å²) in [5.41, 5.74) is 5.16. The summed E-state index contributed by atoms with van der Waals surface area (Å²) in [6.07, 6.45) is 1.17. The Hall–Kier alpha value is -3.56. The topological polar surface area (TPSA) is 13.1 Å². The zero-order valence-electron chi connectivity index (χ0n) is 18.6. The SMILES string of the molecule is CN(C)CCC(n1c2ccccc2c2ccccc21)n1c2ccccc2c2ccccc21. The van der Waals surface area contributed by atoms with Crippen LogP contribution in [-0.2, 0) is 0 Å². The highest BCUT2D eigenvalue weighted by Gasteiger charge is 2.23. The lowest BCUT2D eigenvalue weighted by molar-refractivity contribution is 0.337. The molecule has 0 amide bonds. The van der Waals surface area contributed by atoms with E-state index in [9.17, 15) is 0 Å². The predicted molar refractivity (Wildman–Crippen MR) is 136 cm³/mol. The molecule has 0 atom stereocenters. The van der Waals surface area contributed by atoms with Gasteiger partial charge in [-0.1, -0.05) is 72.8 Å². The van der Waals surface area contributed by atoms with Crippen molar-refractivity contribution in [3.8, 4) is 0 Å². The molecule has 0 bridgehead atoms. The van der Waals surface area contributed by atoms with Crippen molar-refractivity contribution in [2.75, 3.05) is 20.6 Å². The van der Waals surface area contributed by atoms with Gasteiger partial charge in [0.05, 0.1) is 22.1 Å². The normalized spacial score (nSPS) is 12.2. The van der Waals surface area contributed by atoms with E-state index in [4.69, 9.17) is 0 Å². The lowest BCUT2D eigenvalue weighted by atomic mass is 10.2. The molecule has 2 aromatic heterocycles. The van der Waals surface area contributed by atoms with Gasteiger partial charge in [-0.05, 0) is 44.8 Å². The Morgan fingerprint density at radius 3 is 1.16 bits per heavy atom. The van der Waals surface area contributed by atoms with Gasteiger partial charge < -0.3 is 14.0 Å². The molecule has 0 aliphatic rings. The van der Waals surface area contributed by atoms with Gasteiger partial charge in [0.25, 0.3) is 0 Å². The summed E-state index contributed by atoms with van der Waals surface area (Å²) in [4.78, 5) is 2.29. The summed E-state index contributed by atoms with van der Waals surface area (Å²) in [5, 5.41) is 5.27. The Bertz CT molecular complexity index is 1350. The summed E-state index contributed by atoms with van der Waals surface area (Å²) >= 11 is 0. The van der Waals surface area contributed by atoms with E-state index in [2.05, 4.69) is 125 Å². The molecule has 6 aromatic rings. The van der Waals surface area contributed by atoms with Crippen molar-refractivity contribution < 1.29 is 0 Å². The molecule has 32 heavy (non-hydrogen) atoms. The average Bonchev–Trinajstić information content (AvgIpc) is 3.34. The van der Waals surface area contributed by atoms with E-state index in [1.807, 2.05) is 0 Å². The molecule has 0 saturated carbocycles. The number of hydrogen-bond donors (Lipinski definition) is 0. The Morgan fingerprint density at radius 2 is 0.844 bits per heavy atom. The molecular formula is C29H27N3. The van der Waals surface area contributed by atoms with Crippen molar-refractivity contribution in [1.29, 1.82) is 0 Å². The Kier molecular flexibility index (Phi) is 4.51. The number of para-hydroxylation sites is 4. The first-order chi connectivity index (χ1) is 15.7. The van der Waals surface area contributed by atoms with Crippen LogP contribution in [0.4, 0.5) is 0 Å². The minimum atomic E-state index is 0.159. The second-order valence-electron chi connectivity index (χ2n) is 8.88. The molecule has 3 nitrogen and oxygen atoms in total. The quantitative estimate of drug-likeness (QED) is 0.297. The monoisotopic (exact) mass is 417 g/mol. The summed E-state index contributed by atoms with van der Waals surface area (Å²) in [7, 11) is 4.32. The number of aromatic nitrogens is 2. The van der Waals surface area contributed by atoms with E-state index in [1.54, 1.807) is 0 Å². The molecular weight excluding hydrogens is 390 g/mol. The van der Waals surface area contributed by atoms with Crippen LogP contribution in [0.1, 0.15) is 12.6 Å². The first-order valence-corrected chi connectivity index (χ1v) is 11.3. The zero-order valence-corrected chi connectivity index (χ0v) is 18.6. The van der Waals surface area contributed by atoms with Gasteiger partial charge in [-0.25, -0.2) is 0 Å². The molecule has 0 aliphatic heterocycles. The van der Waals surface area contributed by atoms with Crippen LogP contribution in [-0.4, -0.2) is 34.7 Å². The smallest absolute Gasteiger partial charge is 0.112 e. The van der Waals surface area contributed by atoms with Crippen LogP contribution in [0.2, 0.25) is 0 Å². The molecule has 3 heteroatoms. The number of benzene rings is 4. The van der Waals surface area contributed by atoms with Gasteiger partial charge in [-0.2, -0.15) is 0 Å². The van der Waals surface area contributed by atoms with Gasteiger partial charge in [0, 0.05) is 28.1 Å². The Labute approximate surface area is 188 Å². The molecule has 0 aliphatic carbocycles. The van der Waals surface area contributed by atoms with Gasteiger partial charge in [-0.15, -0.1) is 0 Å². The van der Waals surface area contributed by atoms with Gasteiger partial charge in [0.1, 0.15) is 6.17 Å². The van der Waals surface area contributed by atoms with E-state index < -0.39 is 0 Å². The third kappa shape index (κ3) is 2.85. The highest BCUT2D eigenvalue weighted by molar-refractivity contribution is 6.10. The van der Waals surface area contributed by atoms with Crippen molar-refractivity contribution in [2.24, 2.45) is 0 Å². The summed E-state index contributed by atoms with van der Waals surface area (Å²) < 4.78 is 5.13. The van der Waals surface area contributed by atoms with Crippen LogP contribution in [0.5, 0.6) is 0 Å². The first kappa shape index (κ1) is 19.1. The van der Waals surface area contributed by atoms with Crippen molar-refractivity contribution in [3.63, 3.8) is 0 Å². The lowest BCUT2D eigenvalue weighted by Gasteiger charge is -2.26. The molecule has 0 N–H and O–H groups in total. The minimum absolute atomic E-state index is 0.159. The van der Waals surface area contributed by atoms with Crippen molar-refractivity contribution >= 4 is 43.6 Å². The predicted octanol–water partition coefficient (Wildman–Crippen LogP) is 6.90. The first-order valence-electron chi connectivity index (χ1n) is 11.3. The van der Waals surface area contributed by atoms with Crippen LogP contribution in [0.15, 0.2) is 97.1 Å². The highest BCUT2D eigenvalue weighted by Crippen LogP contribution is 2.38. The largest absolute Gasteiger partial charge is 0.319 e. The minimum Gasteiger partial charge on any atom is -0.319 e. The van der Waals surface area contributed by atoms with Crippen LogP contribution >= 0.6 is 0 Å². The fraction of sp³-hybridized carbons (Fsp3) is 0.172. The van der Waals surface area contributed by atoms with E-state index in [-0.39, 0.29) is 6.17 Å².